The molecule has 0 aromatic carbocycles. The fourth-order valence-electron chi connectivity index (χ4n) is 2.71. The minimum atomic E-state index is 0.609. The van der Waals surface area contributed by atoms with Crippen molar-refractivity contribution in [1.29, 1.82) is 0 Å². The fourth-order valence-corrected chi connectivity index (χ4v) is 2.71. The van der Waals surface area contributed by atoms with Crippen LogP contribution in [0.2, 0.25) is 0 Å². The molecule has 0 saturated heterocycles. The number of rotatable bonds is 8. The second-order valence-electron chi connectivity index (χ2n) is 6.31. The Balaban J connectivity index is 2.23. The lowest BCUT2D eigenvalue weighted by molar-refractivity contribution is -0.108. The van der Waals surface area contributed by atoms with E-state index in [1.165, 1.54) is 49.7 Å². The van der Waals surface area contributed by atoms with Gasteiger partial charge in [0.05, 0.1) is 0 Å². The molecule has 1 rings (SSSR count). The molecule has 0 fully saturated rings. The van der Waals surface area contributed by atoms with Crippen LogP contribution in [0, 0.1) is 5.92 Å². The van der Waals surface area contributed by atoms with Crippen molar-refractivity contribution in [2.45, 2.75) is 72.1 Å². The topological polar surface area (TPSA) is 17.1 Å². The number of hydrogen-bond donors (Lipinski definition) is 0. The van der Waals surface area contributed by atoms with Crippen molar-refractivity contribution in [2.75, 3.05) is 0 Å². The Morgan fingerprint density at radius 1 is 1.25 bits per heavy atom. The zero-order valence-electron chi connectivity index (χ0n) is 13.5. The van der Waals surface area contributed by atoms with Crippen molar-refractivity contribution in [3.8, 4) is 0 Å². The van der Waals surface area contributed by atoms with Crippen molar-refractivity contribution in [3.63, 3.8) is 0 Å². The van der Waals surface area contributed by atoms with Gasteiger partial charge in [-0.2, -0.15) is 0 Å². The summed E-state index contributed by atoms with van der Waals surface area (Å²) in [5.41, 5.74) is 4.52. The summed E-state index contributed by atoms with van der Waals surface area (Å²) in [4.78, 5) is 10.5. The van der Waals surface area contributed by atoms with Crippen LogP contribution in [0.15, 0.2) is 34.9 Å². The third kappa shape index (κ3) is 7.47. The van der Waals surface area contributed by atoms with Crippen molar-refractivity contribution >= 4 is 6.29 Å². The predicted octanol–water partition coefficient (Wildman–Crippen LogP) is 5.77. The molecular formula is C19H30O. The van der Waals surface area contributed by atoms with Crippen LogP contribution in [0.4, 0.5) is 0 Å². The van der Waals surface area contributed by atoms with Gasteiger partial charge in [-0.3, -0.25) is 0 Å². The minimum Gasteiger partial charge on any atom is -0.303 e. The van der Waals surface area contributed by atoms with E-state index in [1.54, 1.807) is 5.57 Å². The summed E-state index contributed by atoms with van der Waals surface area (Å²) in [5, 5.41) is 0. The fraction of sp³-hybridized carbons (Fsp3) is 0.632. The van der Waals surface area contributed by atoms with Crippen molar-refractivity contribution in [3.05, 3.63) is 34.9 Å². The van der Waals surface area contributed by atoms with E-state index in [1.807, 2.05) is 0 Å². The second-order valence-corrected chi connectivity index (χ2v) is 6.31. The Hall–Kier alpha value is -1.11. The molecular weight excluding hydrogens is 244 g/mol. The van der Waals surface area contributed by atoms with E-state index >= 15 is 0 Å². The van der Waals surface area contributed by atoms with Gasteiger partial charge >= 0.3 is 0 Å². The standard InChI is InChI=1S/C19H30O/c1-16(2)6-4-7-17(3)8-5-9-18-10-12-19(13-11-18)14-15-20/h6,8,10,15,19H,4-5,7,9,11-14H2,1-3H3/b17-8+. The van der Waals surface area contributed by atoms with Crippen LogP contribution in [0.5, 0.6) is 0 Å². The molecule has 1 aliphatic rings. The molecule has 0 radical (unpaired) electrons. The number of carbonyl (C=O) groups excluding carboxylic acids is 1. The van der Waals surface area contributed by atoms with E-state index in [4.69, 9.17) is 0 Å². The van der Waals surface area contributed by atoms with Crippen LogP contribution in [0.25, 0.3) is 0 Å². The number of carbonyl (C=O) groups is 1. The third-order valence-electron chi connectivity index (χ3n) is 4.09. The van der Waals surface area contributed by atoms with E-state index in [0.29, 0.717) is 5.92 Å². The first-order valence-electron chi connectivity index (χ1n) is 8.02. The maximum atomic E-state index is 10.5. The first-order chi connectivity index (χ1) is 9.61. The molecule has 0 bridgehead atoms. The highest BCUT2D eigenvalue weighted by Crippen LogP contribution is 2.28. The predicted molar refractivity (Wildman–Crippen MR) is 87.8 cm³/mol. The van der Waals surface area contributed by atoms with Gasteiger partial charge in [0.15, 0.2) is 0 Å². The van der Waals surface area contributed by atoms with Gasteiger partial charge in [-0.25, -0.2) is 0 Å². The molecule has 112 valence electrons. The largest absolute Gasteiger partial charge is 0.303 e. The van der Waals surface area contributed by atoms with Crippen molar-refractivity contribution in [1.82, 2.24) is 0 Å². The van der Waals surface area contributed by atoms with E-state index < -0.39 is 0 Å². The number of hydrogen-bond acceptors (Lipinski definition) is 1. The zero-order chi connectivity index (χ0) is 14.8. The summed E-state index contributed by atoms with van der Waals surface area (Å²) < 4.78 is 0. The van der Waals surface area contributed by atoms with Gasteiger partial charge in [0.2, 0.25) is 0 Å². The molecule has 0 aromatic rings. The third-order valence-corrected chi connectivity index (χ3v) is 4.09. The molecule has 1 aliphatic carbocycles. The average Bonchev–Trinajstić information content (AvgIpc) is 2.40. The van der Waals surface area contributed by atoms with E-state index in [-0.39, 0.29) is 0 Å². The number of allylic oxidation sites excluding steroid dienone is 6. The van der Waals surface area contributed by atoms with Crippen molar-refractivity contribution in [2.24, 2.45) is 5.92 Å². The molecule has 0 heterocycles. The second kappa shape index (κ2) is 9.74. The highest BCUT2D eigenvalue weighted by Gasteiger charge is 2.13. The number of aldehydes is 1. The van der Waals surface area contributed by atoms with Gasteiger partial charge in [0, 0.05) is 6.42 Å². The van der Waals surface area contributed by atoms with E-state index in [0.717, 1.165) is 19.1 Å². The van der Waals surface area contributed by atoms with Gasteiger partial charge in [-0.1, -0.05) is 34.9 Å². The van der Waals surface area contributed by atoms with Gasteiger partial charge in [-0.15, -0.1) is 0 Å². The molecule has 0 saturated carbocycles. The Kier molecular flexibility index (Phi) is 8.25. The van der Waals surface area contributed by atoms with E-state index in [9.17, 15) is 4.79 Å². The molecule has 1 heteroatoms. The molecule has 0 spiro atoms. The Labute approximate surface area is 124 Å². The van der Waals surface area contributed by atoms with Crippen LogP contribution in [-0.4, -0.2) is 6.29 Å². The molecule has 0 aliphatic heterocycles. The Morgan fingerprint density at radius 3 is 2.65 bits per heavy atom. The summed E-state index contributed by atoms with van der Waals surface area (Å²) in [5.74, 6) is 0.609. The Bertz CT molecular complexity index is 381. The minimum absolute atomic E-state index is 0.609. The highest BCUT2D eigenvalue weighted by atomic mass is 16.1. The molecule has 1 unspecified atom stereocenters. The van der Waals surface area contributed by atoms with E-state index in [2.05, 4.69) is 39.0 Å². The van der Waals surface area contributed by atoms with Crippen LogP contribution < -0.4 is 0 Å². The van der Waals surface area contributed by atoms with Gasteiger partial charge in [0.1, 0.15) is 6.29 Å². The first kappa shape index (κ1) is 16.9. The summed E-state index contributed by atoms with van der Waals surface area (Å²) in [6, 6.07) is 0. The average molecular weight is 274 g/mol. The lowest BCUT2D eigenvalue weighted by Crippen LogP contribution is -2.06. The smallest absolute Gasteiger partial charge is 0.120 e. The normalized spacial score (nSPS) is 19.4. The SMILES string of the molecule is CC(C)=CCC/C(C)=C/CCC1=CCC(CC=O)CC1. The van der Waals surface area contributed by atoms with Crippen molar-refractivity contribution < 1.29 is 4.79 Å². The van der Waals surface area contributed by atoms with Gasteiger partial charge < -0.3 is 4.79 Å². The summed E-state index contributed by atoms with van der Waals surface area (Å²) in [6.07, 6.45) is 17.1. The quantitative estimate of drug-likeness (QED) is 0.405. The molecule has 0 amide bonds. The van der Waals surface area contributed by atoms with Crippen LogP contribution in [-0.2, 0) is 4.79 Å². The first-order valence-corrected chi connectivity index (χ1v) is 8.02. The maximum absolute atomic E-state index is 10.5. The Morgan fingerprint density at radius 2 is 2.05 bits per heavy atom. The zero-order valence-corrected chi connectivity index (χ0v) is 13.5. The lowest BCUT2D eigenvalue weighted by Gasteiger charge is -2.19. The molecule has 0 aromatic heterocycles. The molecule has 0 N–H and O–H groups in total. The lowest BCUT2D eigenvalue weighted by atomic mass is 9.86. The maximum Gasteiger partial charge on any atom is 0.120 e. The monoisotopic (exact) mass is 274 g/mol. The molecule has 1 atom stereocenters. The van der Waals surface area contributed by atoms with Crippen LogP contribution in [0.3, 0.4) is 0 Å². The summed E-state index contributed by atoms with van der Waals surface area (Å²) >= 11 is 0. The summed E-state index contributed by atoms with van der Waals surface area (Å²) in [7, 11) is 0. The molecule has 1 nitrogen and oxygen atoms in total. The van der Waals surface area contributed by atoms with Gasteiger partial charge in [0.25, 0.3) is 0 Å². The summed E-state index contributed by atoms with van der Waals surface area (Å²) in [6.45, 7) is 6.56. The van der Waals surface area contributed by atoms with Gasteiger partial charge in [-0.05, 0) is 71.6 Å². The van der Waals surface area contributed by atoms with Crippen LogP contribution >= 0.6 is 0 Å². The highest BCUT2D eigenvalue weighted by molar-refractivity contribution is 5.49. The molecule has 20 heavy (non-hydrogen) atoms. The van der Waals surface area contributed by atoms with Crippen LogP contribution in [0.1, 0.15) is 72.1 Å².